The van der Waals surface area contributed by atoms with Crippen LogP contribution in [-0.2, 0) is 11.3 Å². The molecule has 0 aliphatic carbocycles. The molecule has 1 aliphatic heterocycles. The number of imidazole rings is 1. The van der Waals surface area contributed by atoms with Gasteiger partial charge >= 0.3 is 0 Å². The van der Waals surface area contributed by atoms with Crippen LogP contribution >= 0.6 is 0 Å². The summed E-state index contributed by atoms with van der Waals surface area (Å²) in [5.74, 6) is 2.73. The maximum atomic E-state index is 13.0. The summed E-state index contributed by atoms with van der Waals surface area (Å²) in [5, 5.41) is 0. The molecule has 1 aromatic heterocycles. The van der Waals surface area contributed by atoms with E-state index in [2.05, 4.69) is 10.6 Å². The van der Waals surface area contributed by atoms with Crippen molar-refractivity contribution in [2.45, 2.75) is 31.7 Å². The highest BCUT2D eigenvalue weighted by atomic mass is 16.5. The minimum atomic E-state index is 0.0328. The highest BCUT2D eigenvalue weighted by molar-refractivity contribution is 5.97. The Morgan fingerprint density at radius 2 is 1.71 bits per heavy atom. The van der Waals surface area contributed by atoms with Gasteiger partial charge in [0.05, 0.1) is 30.4 Å². The van der Waals surface area contributed by atoms with E-state index in [1.807, 2.05) is 77.7 Å². The van der Waals surface area contributed by atoms with Gasteiger partial charge in [-0.15, -0.1) is 0 Å². The number of benzene rings is 3. The van der Waals surface area contributed by atoms with Crippen LogP contribution in [0.2, 0.25) is 0 Å². The molecule has 3 aromatic carbocycles. The number of aromatic nitrogens is 2. The molecule has 0 spiro atoms. The Labute approximate surface area is 199 Å². The highest BCUT2D eigenvalue weighted by Crippen LogP contribution is 2.37. The zero-order valence-corrected chi connectivity index (χ0v) is 19.4. The van der Waals surface area contributed by atoms with E-state index in [0.717, 1.165) is 47.7 Å². The number of ether oxygens (including phenoxy) is 2. The van der Waals surface area contributed by atoms with Crippen molar-refractivity contribution in [2.24, 2.45) is 0 Å². The Morgan fingerprint density at radius 1 is 0.941 bits per heavy atom. The fourth-order valence-corrected chi connectivity index (χ4v) is 4.69. The van der Waals surface area contributed by atoms with E-state index in [-0.39, 0.29) is 11.8 Å². The molecule has 34 heavy (non-hydrogen) atoms. The van der Waals surface area contributed by atoms with Crippen LogP contribution in [0.5, 0.6) is 11.5 Å². The summed E-state index contributed by atoms with van der Waals surface area (Å²) in [7, 11) is 1.64. The zero-order valence-electron chi connectivity index (χ0n) is 19.4. The van der Waals surface area contributed by atoms with E-state index in [0.29, 0.717) is 25.3 Å². The van der Waals surface area contributed by atoms with Crippen LogP contribution in [0.15, 0.2) is 78.9 Å². The number of unbranched alkanes of at least 4 members (excludes halogenated alkanes) is 1. The van der Waals surface area contributed by atoms with Crippen molar-refractivity contribution in [2.75, 3.05) is 25.2 Å². The lowest BCUT2D eigenvalue weighted by molar-refractivity contribution is -0.117. The SMILES string of the molecule is COc1ccccc1N1C[C@@H](c2nc3ccccc3n2CCCCOc2ccccc2)CC1=O. The second-order valence-electron chi connectivity index (χ2n) is 8.56. The summed E-state index contributed by atoms with van der Waals surface area (Å²) >= 11 is 0. The van der Waals surface area contributed by atoms with Gasteiger partial charge in [0.25, 0.3) is 0 Å². The van der Waals surface area contributed by atoms with E-state index in [1.165, 1.54) is 0 Å². The fraction of sp³-hybridized carbons (Fsp3) is 0.286. The molecule has 1 amide bonds. The lowest BCUT2D eigenvalue weighted by atomic mass is 10.1. The van der Waals surface area contributed by atoms with Crippen molar-refractivity contribution in [3.05, 3.63) is 84.7 Å². The van der Waals surface area contributed by atoms with Crippen LogP contribution in [0, 0.1) is 0 Å². The first kappa shape index (κ1) is 22.0. The number of rotatable bonds is 9. The average molecular weight is 456 g/mol. The van der Waals surface area contributed by atoms with Gasteiger partial charge in [-0.2, -0.15) is 0 Å². The van der Waals surface area contributed by atoms with Gasteiger partial charge in [-0.1, -0.05) is 42.5 Å². The van der Waals surface area contributed by atoms with Crippen LogP contribution in [-0.4, -0.2) is 35.7 Å². The fourth-order valence-electron chi connectivity index (χ4n) is 4.69. The molecule has 6 heteroatoms. The molecule has 0 N–H and O–H groups in total. The van der Waals surface area contributed by atoms with E-state index >= 15 is 0 Å². The molecule has 1 atom stereocenters. The molecular weight excluding hydrogens is 426 g/mol. The number of fused-ring (bicyclic) bond motifs is 1. The number of anilines is 1. The minimum absolute atomic E-state index is 0.0328. The molecule has 1 fully saturated rings. The third-order valence-electron chi connectivity index (χ3n) is 6.34. The van der Waals surface area contributed by atoms with E-state index in [9.17, 15) is 4.79 Å². The normalized spacial score (nSPS) is 15.7. The average Bonchev–Trinajstić information content (AvgIpc) is 3.45. The summed E-state index contributed by atoms with van der Waals surface area (Å²) in [4.78, 5) is 19.8. The summed E-state index contributed by atoms with van der Waals surface area (Å²) in [6, 6.07) is 25.8. The van der Waals surface area contributed by atoms with Crippen molar-refractivity contribution in [3.8, 4) is 11.5 Å². The van der Waals surface area contributed by atoms with Crippen LogP contribution in [0.4, 0.5) is 5.69 Å². The van der Waals surface area contributed by atoms with Gasteiger partial charge in [-0.05, 0) is 49.2 Å². The maximum absolute atomic E-state index is 13.0. The number of nitrogens with zero attached hydrogens (tertiary/aromatic N) is 3. The second kappa shape index (κ2) is 10.00. The molecule has 1 aliphatic rings. The van der Waals surface area contributed by atoms with Crippen molar-refractivity contribution in [1.82, 2.24) is 9.55 Å². The lowest BCUT2D eigenvalue weighted by Gasteiger charge is -2.19. The van der Waals surface area contributed by atoms with Crippen molar-refractivity contribution >= 4 is 22.6 Å². The topological polar surface area (TPSA) is 56.6 Å². The molecule has 5 rings (SSSR count). The van der Waals surface area contributed by atoms with Crippen LogP contribution in [0.25, 0.3) is 11.0 Å². The number of carbonyl (C=O) groups is 1. The molecular formula is C28H29N3O3. The Bertz CT molecular complexity index is 1270. The van der Waals surface area contributed by atoms with Gasteiger partial charge in [0.2, 0.25) is 5.91 Å². The number of methoxy groups -OCH3 is 1. The number of para-hydroxylation sites is 5. The van der Waals surface area contributed by atoms with Gasteiger partial charge in [-0.3, -0.25) is 4.79 Å². The number of aryl methyl sites for hydroxylation is 1. The maximum Gasteiger partial charge on any atom is 0.227 e. The summed E-state index contributed by atoms with van der Waals surface area (Å²) in [6.45, 7) is 2.11. The first-order valence-electron chi connectivity index (χ1n) is 11.8. The first-order valence-corrected chi connectivity index (χ1v) is 11.8. The quantitative estimate of drug-likeness (QED) is 0.316. The third kappa shape index (κ3) is 4.49. The summed E-state index contributed by atoms with van der Waals surface area (Å²) < 4.78 is 13.6. The minimum Gasteiger partial charge on any atom is -0.495 e. The predicted molar refractivity (Wildman–Crippen MR) is 134 cm³/mol. The number of amides is 1. The van der Waals surface area contributed by atoms with E-state index in [1.54, 1.807) is 7.11 Å². The van der Waals surface area contributed by atoms with Gasteiger partial charge in [0.15, 0.2) is 0 Å². The smallest absolute Gasteiger partial charge is 0.227 e. The van der Waals surface area contributed by atoms with E-state index in [4.69, 9.17) is 14.5 Å². The van der Waals surface area contributed by atoms with Crippen LogP contribution < -0.4 is 14.4 Å². The van der Waals surface area contributed by atoms with Gasteiger partial charge < -0.3 is 18.9 Å². The zero-order chi connectivity index (χ0) is 23.3. The summed E-state index contributed by atoms with van der Waals surface area (Å²) in [6.07, 6.45) is 2.35. The molecule has 0 bridgehead atoms. The van der Waals surface area contributed by atoms with Crippen molar-refractivity contribution in [3.63, 3.8) is 0 Å². The highest BCUT2D eigenvalue weighted by Gasteiger charge is 2.35. The van der Waals surface area contributed by atoms with Crippen LogP contribution in [0.3, 0.4) is 0 Å². The second-order valence-corrected chi connectivity index (χ2v) is 8.56. The Morgan fingerprint density at radius 3 is 2.56 bits per heavy atom. The Hall–Kier alpha value is -3.80. The van der Waals surface area contributed by atoms with Crippen LogP contribution in [0.1, 0.15) is 31.0 Å². The van der Waals surface area contributed by atoms with Crippen molar-refractivity contribution < 1.29 is 14.3 Å². The third-order valence-corrected chi connectivity index (χ3v) is 6.34. The molecule has 0 unspecified atom stereocenters. The molecule has 4 aromatic rings. The van der Waals surface area contributed by atoms with Gasteiger partial charge in [0, 0.05) is 25.4 Å². The monoisotopic (exact) mass is 455 g/mol. The molecule has 1 saturated heterocycles. The standard InChI is InChI=1S/C28H29N3O3/c1-33-26-16-8-7-15-25(26)31-20-21(19-27(31)32)28-29-23-13-5-6-14-24(23)30(28)17-9-10-18-34-22-11-3-2-4-12-22/h2-8,11-16,21H,9-10,17-20H2,1H3/t21-/m0/s1. The lowest BCUT2D eigenvalue weighted by Crippen LogP contribution is -2.25. The predicted octanol–water partition coefficient (Wildman–Crippen LogP) is 5.42. The number of hydrogen-bond acceptors (Lipinski definition) is 4. The molecule has 174 valence electrons. The number of carbonyl (C=O) groups excluding carboxylic acids is 1. The molecule has 0 radical (unpaired) electrons. The molecule has 6 nitrogen and oxygen atoms in total. The first-order chi connectivity index (χ1) is 16.7. The van der Waals surface area contributed by atoms with Crippen molar-refractivity contribution in [1.29, 1.82) is 0 Å². The Balaban J connectivity index is 1.32. The molecule has 0 saturated carbocycles. The number of hydrogen-bond donors (Lipinski definition) is 0. The summed E-state index contributed by atoms with van der Waals surface area (Å²) in [5.41, 5.74) is 2.91. The van der Waals surface area contributed by atoms with Gasteiger partial charge in [-0.25, -0.2) is 4.98 Å². The molecule has 2 heterocycles. The largest absolute Gasteiger partial charge is 0.495 e. The van der Waals surface area contributed by atoms with Gasteiger partial charge in [0.1, 0.15) is 17.3 Å². The van der Waals surface area contributed by atoms with E-state index < -0.39 is 0 Å². The Kier molecular flexibility index (Phi) is 6.47.